The van der Waals surface area contributed by atoms with E-state index in [0.717, 1.165) is 40.1 Å². The molecule has 0 amide bonds. The number of fused-ring (bicyclic) bond motifs is 1. The van der Waals surface area contributed by atoms with Crippen LogP contribution in [0.4, 0.5) is 0 Å². The minimum Gasteiger partial charge on any atom is -0.493 e. The van der Waals surface area contributed by atoms with Gasteiger partial charge in [0, 0.05) is 36.1 Å². The normalized spacial score (nSPS) is 15.0. The summed E-state index contributed by atoms with van der Waals surface area (Å²) in [5.41, 5.74) is 4.00. The molecule has 2 heterocycles. The largest absolute Gasteiger partial charge is 0.493 e. The first kappa shape index (κ1) is 13.6. The molecule has 0 fully saturated rings. The van der Waals surface area contributed by atoms with Crippen LogP contribution in [0.3, 0.4) is 0 Å². The van der Waals surface area contributed by atoms with Gasteiger partial charge in [-0.1, -0.05) is 15.9 Å². The van der Waals surface area contributed by atoms with Crippen molar-refractivity contribution in [3.05, 3.63) is 45.2 Å². The van der Waals surface area contributed by atoms with Crippen LogP contribution in [-0.2, 0) is 19.9 Å². The zero-order valence-electron chi connectivity index (χ0n) is 11.6. The molecule has 1 aliphatic rings. The van der Waals surface area contributed by atoms with Gasteiger partial charge >= 0.3 is 0 Å². The van der Waals surface area contributed by atoms with Gasteiger partial charge in [0.2, 0.25) is 0 Å². The van der Waals surface area contributed by atoms with Gasteiger partial charge in [0.15, 0.2) is 0 Å². The molecule has 1 atom stereocenters. The van der Waals surface area contributed by atoms with E-state index in [9.17, 15) is 5.11 Å². The molecule has 1 aromatic carbocycles. The van der Waals surface area contributed by atoms with Crippen molar-refractivity contribution in [3.8, 4) is 5.75 Å². The van der Waals surface area contributed by atoms with Crippen LogP contribution >= 0.6 is 15.9 Å². The second-order valence-electron chi connectivity index (χ2n) is 5.22. The molecule has 20 heavy (non-hydrogen) atoms. The Bertz CT molecular complexity index is 652. The lowest BCUT2D eigenvalue weighted by atomic mass is 9.99. The van der Waals surface area contributed by atoms with Crippen molar-refractivity contribution in [1.82, 2.24) is 9.78 Å². The minimum absolute atomic E-state index is 0.536. The Balaban J connectivity index is 1.90. The van der Waals surface area contributed by atoms with Crippen LogP contribution in [-0.4, -0.2) is 21.5 Å². The summed E-state index contributed by atoms with van der Waals surface area (Å²) in [6, 6.07) is 4.12. The van der Waals surface area contributed by atoms with Crippen molar-refractivity contribution < 1.29 is 9.84 Å². The van der Waals surface area contributed by atoms with Gasteiger partial charge in [-0.15, -0.1) is 0 Å². The van der Waals surface area contributed by atoms with E-state index in [4.69, 9.17) is 4.74 Å². The molecule has 0 saturated carbocycles. The van der Waals surface area contributed by atoms with Crippen LogP contribution in [0.5, 0.6) is 5.75 Å². The molecule has 0 saturated heterocycles. The number of nitrogens with zero attached hydrogens (tertiary/aromatic N) is 2. The van der Waals surface area contributed by atoms with E-state index in [1.165, 1.54) is 5.56 Å². The van der Waals surface area contributed by atoms with Crippen molar-refractivity contribution >= 4 is 15.9 Å². The Hall–Kier alpha value is -1.33. The summed E-state index contributed by atoms with van der Waals surface area (Å²) < 4.78 is 8.47. The van der Waals surface area contributed by atoms with Crippen molar-refractivity contribution in [3.63, 3.8) is 0 Å². The van der Waals surface area contributed by atoms with E-state index in [1.807, 2.05) is 26.2 Å². The van der Waals surface area contributed by atoms with E-state index in [1.54, 1.807) is 4.68 Å². The summed E-state index contributed by atoms with van der Waals surface area (Å²) in [4.78, 5) is 0. The highest BCUT2D eigenvalue weighted by Crippen LogP contribution is 2.35. The van der Waals surface area contributed by atoms with E-state index < -0.39 is 6.10 Å². The molecule has 0 aliphatic carbocycles. The van der Waals surface area contributed by atoms with Gasteiger partial charge in [0.05, 0.1) is 18.4 Å². The van der Waals surface area contributed by atoms with E-state index in [0.29, 0.717) is 6.42 Å². The number of aryl methyl sites for hydroxylation is 2. The number of aliphatic hydroxyl groups is 1. The van der Waals surface area contributed by atoms with Crippen molar-refractivity contribution in [2.45, 2.75) is 25.9 Å². The molecular weight excluding hydrogens is 320 g/mol. The van der Waals surface area contributed by atoms with Crippen molar-refractivity contribution in [1.29, 1.82) is 0 Å². The van der Waals surface area contributed by atoms with Crippen LogP contribution in [0.1, 0.15) is 28.5 Å². The molecule has 1 N–H and O–H groups in total. The number of aromatic nitrogens is 2. The second-order valence-corrected chi connectivity index (χ2v) is 6.13. The third-order valence-electron chi connectivity index (χ3n) is 3.65. The van der Waals surface area contributed by atoms with Gasteiger partial charge in [-0.2, -0.15) is 5.10 Å². The molecule has 1 unspecified atom stereocenters. The van der Waals surface area contributed by atoms with Crippen LogP contribution in [0, 0.1) is 6.92 Å². The molecular formula is C15H17BrN2O2. The van der Waals surface area contributed by atoms with E-state index in [-0.39, 0.29) is 0 Å². The highest BCUT2D eigenvalue weighted by molar-refractivity contribution is 9.10. The van der Waals surface area contributed by atoms with Crippen molar-refractivity contribution in [2.75, 3.05) is 6.61 Å². The number of rotatable bonds is 3. The first-order valence-electron chi connectivity index (χ1n) is 6.67. The summed E-state index contributed by atoms with van der Waals surface area (Å²) in [6.45, 7) is 2.64. The lowest BCUT2D eigenvalue weighted by Gasteiger charge is -2.13. The highest BCUT2D eigenvalue weighted by Gasteiger charge is 2.21. The van der Waals surface area contributed by atoms with E-state index in [2.05, 4.69) is 27.1 Å². The molecule has 0 spiro atoms. The van der Waals surface area contributed by atoms with Crippen LogP contribution in [0.25, 0.3) is 0 Å². The maximum atomic E-state index is 10.5. The zero-order valence-corrected chi connectivity index (χ0v) is 13.1. The molecule has 4 nitrogen and oxygen atoms in total. The summed E-state index contributed by atoms with van der Waals surface area (Å²) in [5.74, 6) is 0.939. The monoisotopic (exact) mass is 336 g/mol. The summed E-state index contributed by atoms with van der Waals surface area (Å²) in [6.07, 6.45) is 2.78. The Labute approximate surface area is 126 Å². The van der Waals surface area contributed by atoms with Gasteiger partial charge in [-0.05, 0) is 30.2 Å². The fraction of sp³-hybridized carbons (Fsp3) is 0.400. The number of benzene rings is 1. The number of aliphatic hydroxyl groups excluding tert-OH is 1. The molecule has 3 rings (SSSR count). The predicted molar refractivity (Wildman–Crippen MR) is 79.9 cm³/mol. The van der Waals surface area contributed by atoms with Gasteiger partial charge in [0.25, 0.3) is 0 Å². The van der Waals surface area contributed by atoms with Gasteiger partial charge in [-0.25, -0.2) is 0 Å². The first-order chi connectivity index (χ1) is 9.54. The van der Waals surface area contributed by atoms with Gasteiger partial charge in [0.1, 0.15) is 5.75 Å². The fourth-order valence-corrected chi connectivity index (χ4v) is 3.31. The SMILES string of the molecule is Cc1nn(C)cc1C(O)Cc1cc(Br)cc2c1OCC2. The Kier molecular flexibility index (Phi) is 3.56. The number of ether oxygens (including phenoxy) is 1. The zero-order chi connectivity index (χ0) is 14.3. The second kappa shape index (κ2) is 5.22. The Morgan fingerprint density at radius 2 is 2.30 bits per heavy atom. The average Bonchev–Trinajstić information content (AvgIpc) is 2.95. The summed E-state index contributed by atoms with van der Waals surface area (Å²) >= 11 is 3.53. The number of hydrogen-bond donors (Lipinski definition) is 1. The molecule has 0 radical (unpaired) electrons. The van der Waals surface area contributed by atoms with Crippen LogP contribution in [0.2, 0.25) is 0 Å². The maximum Gasteiger partial charge on any atom is 0.125 e. The molecule has 5 heteroatoms. The fourth-order valence-electron chi connectivity index (χ4n) is 2.76. The highest BCUT2D eigenvalue weighted by atomic mass is 79.9. The first-order valence-corrected chi connectivity index (χ1v) is 7.46. The third kappa shape index (κ3) is 2.47. The number of hydrogen-bond acceptors (Lipinski definition) is 3. The molecule has 2 aromatic rings. The minimum atomic E-state index is -0.564. The Morgan fingerprint density at radius 3 is 3.00 bits per heavy atom. The topological polar surface area (TPSA) is 47.3 Å². The molecule has 1 aromatic heterocycles. The molecule has 106 valence electrons. The summed E-state index contributed by atoms with van der Waals surface area (Å²) in [7, 11) is 1.86. The Morgan fingerprint density at radius 1 is 1.50 bits per heavy atom. The van der Waals surface area contributed by atoms with E-state index >= 15 is 0 Å². The van der Waals surface area contributed by atoms with Gasteiger partial charge < -0.3 is 9.84 Å². The van der Waals surface area contributed by atoms with Crippen LogP contribution in [0.15, 0.2) is 22.8 Å². The predicted octanol–water partition coefficient (Wildman–Crippen LogP) is 2.70. The smallest absolute Gasteiger partial charge is 0.125 e. The average molecular weight is 337 g/mol. The molecule has 1 aliphatic heterocycles. The van der Waals surface area contributed by atoms with Crippen molar-refractivity contribution in [2.24, 2.45) is 7.05 Å². The third-order valence-corrected chi connectivity index (χ3v) is 4.11. The maximum absolute atomic E-state index is 10.5. The van der Waals surface area contributed by atoms with Gasteiger partial charge in [-0.3, -0.25) is 4.68 Å². The standard InChI is InChI=1S/C15H17BrN2O2/c1-9-13(8-18(2)17-9)14(19)7-11-6-12(16)5-10-3-4-20-15(10)11/h5-6,8,14,19H,3-4,7H2,1-2H3. The lowest BCUT2D eigenvalue weighted by Crippen LogP contribution is -2.04. The number of halogens is 1. The quantitative estimate of drug-likeness (QED) is 0.937. The summed E-state index contributed by atoms with van der Waals surface area (Å²) in [5, 5.41) is 14.7. The molecule has 0 bridgehead atoms. The lowest BCUT2D eigenvalue weighted by molar-refractivity contribution is 0.176. The van der Waals surface area contributed by atoms with Crippen LogP contribution < -0.4 is 4.74 Å².